The maximum absolute atomic E-state index is 12.6. The van der Waals surface area contributed by atoms with Crippen molar-refractivity contribution in [2.75, 3.05) is 26.7 Å². The van der Waals surface area contributed by atoms with Gasteiger partial charge < -0.3 is 10.1 Å². The van der Waals surface area contributed by atoms with Gasteiger partial charge in [0.05, 0.1) is 25.0 Å². The molecule has 1 aliphatic rings. The third-order valence-electron chi connectivity index (χ3n) is 5.85. The van der Waals surface area contributed by atoms with Gasteiger partial charge in [0.25, 0.3) is 0 Å². The van der Waals surface area contributed by atoms with Crippen molar-refractivity contribution in [3.63, 3.8) is 0 Å². The number of carbonyl (C=O) groups excluding carboxylic acids is 1. The monoisotopic (exact) mass is 418 g/mol. The van der Waals surface area contributed by atoms with Crippen LogP contribution in [0, 0.1) is 0 Å². The Morgan fingerprint density at radius 3 is 2.71 bits per heavy atom. The first-order valence-electron chi connectivity index (χ1n) is 11.0. The molecule has 1 atom stereocenters. The SMILES string of the molecule is COc1cccc(C(CNC(=O)CCc2cnn(-c3ccccc3)c2)N2CCCC2)c1. The number of methoxy groups -OCH3 is 1. The number of hydrogen-bond donors (Lipinski definition) is 1. The maximum Gasteiger partial charge on any atom is 0.220 e. The minimum atomic E-state index is 0.0690. The molecule has 0 radical (unpaired) electrons. The number of para-hydroxylation sites is 1. The zero-order valence-corrected chi connectivity index (χ0v) is 18.0. The summed E-state index contributed by atoms with van der Waals surface area (Å²) in [4.78, 5) is 15.0. The Hall–Kier alpha value is -3.12. The summed E-state index contributed by atoms with van der Waals surface area (Å²) in [5.41, 5.74) is 3.26. The fraction of sp³-hybridized carbons (Fsp3) is 0.360. The summed E-state index contributed by atoms with van der Waals surface area (Å²) in [6.07, 6.45) is 7.37. The van der Waals surface area contributed by atoms with E-state index in [1.165, 1.54) is 18.4 Å². The number of nitrogens with zero attached hydrogens (tertiary/aromatic N) is 3. The maximum atomic E-state index is 12.6. The Balaban J connectivity index is 1.33. The van der Waals surface area contributed by atoms with Gasteiger partial charge in [0.15, 0.2) is 0 Å². The van der Waals surface area contributed by atoms with Gasteiger partial charge in [-0.2, -0.15) is 5.10 Å². The zero-order chi connectivity index (χ0) is 21.5. The molecule has 1 saturated heterocycles. The molecule has 0 aliphatic carbocycles. The average molecular weight is 419 g/mol. The average Bonchev–Trinajstić information content (AvgIpc) is 3.51. The molecule has 1 aliphatic heterocycles. The highest BCUT2D eigenvalue weighted by Crippen LogP contribution is 2.27. The van der Waals surface area contributed by atoms with Gasteiger partial charge in [0.2, 0.25) is 5.91 Å². The van der Waals surface area contributed by atoms with Crippen molar-refractivity contribution in [2.24, 2.45) is 0 Å². The highest BCUT2D eigenvalue weighted by atomic mass is 16.5. The third kappa shape index (κ3) is 5.52. The van der Waals surface area contributed by atoms with E-state index in [1.807, 2.05) is 59.5 Å². The van der Waals surface area contributed by atoms with E-state index in [2.05, 4.69) is 27.4 Å². The fourth-order valence-corrected chi connectivity index (χ4v) is 4.13. The van der Waals surface area contributed by atoms with Crippen LogP contribution in [0.2, 0.25) is 0 Å². The smallest absolute Gasteiger partial charge is 0.220 e. The molecule has 1 fully saturated rings. The van der Waals surface area contributed by atoms with E-state index in [0.29, 0.717) is 19.4 Å². The van der Waals surface area contributed by atoms with Crippen LogP contribution < -0.4 is 10.1 Å². The first-order chi connectivity index (χ1) is 15.2. The first-order valence-corrected chi connectivity index (χ1v) is 11.0. The molecule has 162 valence electrons. The number of aromatic nitrogens is 2. The molecule has 4 rings (SSSR count). The minimum Gasteiger partial charge on any atom is -0.497 e. The standard InChI is InChI=1S/C25H30N4O2/c1-31-23-11-7-8-21(16-23)24(28-14-5-6-15-28)18-26-25(30)13-12-20-17-27-29(19-20)22-9-3-2-4-10-22/h2-4,7-11,16-17,19,24H,5-6,12-15,18H2,1H3,(H,26,30). The predicted molar refractivity (Wildman–Crippen MR) is 121 cm³/mol. The van der Waals surface area contributed by atoms with E-state index in [-0.39, 0.29) is 11.9 Å². The van der Waals surface area contributed by atoms with Crippen LogP contribution in [0.3, 0.4) is 0 Å². The van der Waals surface area contributed by atoms with Crippen LogP contribution in [0.1, 0.15) is 36.4 Å². The topological polar surface area (TPSA) is 59.4 Å². The quantitative estimate of drug-likeness (QED) is 0.575. The summed E-state index contributed by atoms with van der Waals surface area (Å²) < 4.78 is 7.25. The van der Waals surface area contributed by atoms with Crippen LogP contribution in [0.5, 0.6) is 5.75 Å². The Bertz CT molecular complexity index is 980. The van der Waals surface area contributed by atoms with Crippen molar-refractivity contribution in [1.29, 1.82) is 0 Å². The Kier molecular flexibility index (Phi) is 6.99. The number of aryl methyl sites for hydroxylation is 1. The number of nitrogens with one attached hydrogen (secondary N) is 1. The molecule has 1 aromatic heterocycles. The Labute approximate surface area is 183 Å². The molecule has 1 N–H and O–H groups in total. The van der Waals surface area contributed by atoms with Gasteiger partial charge in [0.1, 0.15) is 5.75 Å². The Morgan fingerprint density at radius 1 is 1.13 bits per heavy atom. The summed E-state index contributed by atoms with van der Waals surface area (Å²) in [5, 5.41) is 7.57. The number of ether oxygens (including phenoxy) is 1. The Morgan fingerprint density at radius 2 is 1.94 bits per heavy atom. The fourth-order valence-electron chi connectivity index (χ4n) is 4.13. The van der Waals surface area contributed by atoms with E-state index >= 15 is 0 Å². The molecular weight excluding hydrogens is 388 g/mol. The second-order valence-electron chi connectivity index (χ2n) is 7.97. The predicted octanol–water partition coefficient (Wildman–Crippen LogP) is 3.77. The van der Waals surface area contributed by atoms with Crippen LogP contribution in [-0.2, 0) is 11.2 Å². The number of rotatable bonds is 9. The molecule has 1 amide bonds. The van der Waals surface area contributed by atoms with Gasteiger partial charge in [-0.15, -0.1) is 0 Å². The van der Waals surface area contributed by atoms with Crippen molar-refractivity contribution in [2.45, 2.75) is 31.7 Å². The molecule has 6 nitrogen and oxygen atoms in total. The van der Waals surface area contributed by atoms with Crippen LogP contribution in [0.25, 0.3) is 5.69 Å². The molecule has 6 heteroatoms. The zero-order valence-electron chi connectivity index (χ0n) is 18.0. The second-order valence-corrected chi connectivity index (χ2v) is 7.97. The lowest BCUT2D eigenvalue weighted by Gasteiger charge is -2.28. The van der Waals surface area contributed by atoms with E-state index < -0.39 is 0 Å². The number of hydrogen-bond acceptors (Lipinski definition) is 4. The van der Waals surface area contributed by atoms with Gasteiger partial charge in [-0.1, -0.05) is 30.3 Å². The number of likely N-dealkylation sites (tertiary alicyclic amines) is 1. The molecule has 0 bridgehead atoms. The highest BCUT2D eigenvalue weighted by molar-refractivity contribution is 5.76. The number of amides is 1. The number of carbonyl (C=O) groups is 1. The van der Waals surface area contributed by atoms with Crippen molar-refractivity contribution in [3.05, 3.63) is 78.1 Å². The normalized spacial score (nSPS) is 15.0. The lowest BCUT2D eigenvalue weighted by Crippen LogP contribution is -2.36. The molecule has 3 aromatic rings. The van der Waals surface area contributed by atoms with Gasteiger partial charge in [-0.3, -0.25) is 9.69 Å². The molecule has 2 aromatic carbocycles. The second kappa shape index (κ2) is 10.3. The summed E-state index contributed by atoms with van der Waals surface area (Å²) in [6, 6.07) is 18.3. The summed E-state index contributed by atoms with van der Waals surface area (Å²) in [7, 11) is 1.69. The molecular formula is C25H30N4O2. The van der Waals surface area contributed by atoms with E-state index in [1.54, 1.807) is 7.11 Å². The van der Waals surface area contributed by atoms with Crippen molar-refractivity contribution in [3.8, 4) is 11.4 Å². The largest absolute Gasteiger partial charge is 0.497 e. The first kappa shape index (κ1) is 21.1. The van der Waals surface area contributed by atoms with Gasteiger partial charge in [-0.25, -0.2) is 4.68 Å². The summed E-state index contributed by atoms with van der Waals surface area (Å²) in [6.45, 7) is 2.74. The van der Waals surface area contributed by atoms with Crippen LogP contribution in [-0.4, -0.2) is 47.3 Å². The molecule has 2 heterocycles. The molecule has 31 heavy (non-hydrogen) atoms. The van der Waals surface area contributed by atoms with E-state index in [0.717, 1.165) is 30.1 Å². The van der Waals surface area contributed by atoms with E-state index in [4.69, 9.17) is 4.74 Å². The van der Waals surface area contributed by atoms with Gasteiger partial charge in [0, 0.05) is 19.2 Å². The molecule has 0 saturated carbocycles. The van der Waals surface area contributed by atoms with Crippen LogP contribution in [0.4, 0.5) is 0 Å². The van der Waals surface area contributed by atoms with Gasteiger partial charge >= 0.3 is 0 Å². The molecule has 1 unspecified atom stereocenters. The lowest BCUT2D eigenvalue weighted by molar-refractivity contribution is -0.121. The van der Waals surface area contributed by atoms with Crippen LogP contribution in [0.15, 0.2) is 67.0 Å². The van der Waals surface area contributed by atoms with Crippen molar-refractivity contribution >= 4 is 5.91 Å². The third-order valence-corrected chi connectivity index (χ3v) is 5.85. The summed E-state index contributed by atoms with van der Waals surface area (Å²) >= 11 is 0. The number of benzene rings is 2. The summed E-state index contributed by atoms with van der Waals surface area (Å²) in [5.74, 6) is 0.919. The minimum absolute atomic E-state index is 0.0690. The van der Waals surface area contributed by atoms with Crippen LogP contribution >= 0.6 is 0 Å². The molecule has 0 spiro atoms. The lowest BCUT2D eigenvalue weighted by atomic mass is 10.0. The van der Waals surface area contributed by atoms with E-state index in [9.17, 15) is 4.79 Å². The highest BCUT2D eigenvalue weighted by Gasteiger charge is 2.24. The van der Waals surface area contributed by atoms with Crippen molar-refractivity contribution in [1.82, 2.24) is 20.0 Å². The van der Waals surface area contributed by atoms with Crippen molar-refractivity contribution < 1.29 is 9.53 Å². The van der Waals surface area contributed by atoms with Gasteiger partial charge in [-0.05, 0) is 67.7 Å².